The molecule has 0 saturated heterocycles. The summed E-state index contributed by atoms with van der Waals surface area (Å²) in [5, 5.41) is 2.55. The molecule has 1 amide bonds. The van der Waals surface area contributed by atoms with Crippen molar-refractivity contribution in [2.24, 2.45) is 0 Å². The van der Waals surface area contributed by atoms with E-state index in [1.807, 2.05) is 19.9 Å². The second kappa shape index (κ2) is 7.15. The molecule has 24 heavy (non-hydrogen) atoms. The highest BCUT2D eigenvalue weighted by atomic mass is 32.2. The molecule has 5 nitrogen and oxygen atoms in total. The molecule has 0 aliphatic heterocycles. The number of sulfonamides is 1. The van der Waals surface area contributed by atoms with Crippen LogP contribution in [0.1, 0.15) is 27.0 Å². The van der Waals surface area contributed by atoms with Gasteiger partial charge in [-0.05, 0) is 54.8 Å². The largest absolute Gasteiger partial charge is 0.355 e. The molecule has 0 saturated carbocycles. The highest BCUT2D eigenvalue weighted by molar-refractivity contribution is 7.89. The van der Waals surface area contributed by atoms with Crippen molar-refractivity contribution in [3.05, 3.63) is 64.7 Å². The molecule has 0 radical (unpaired) electrons. The summed E-state index contributed by atoms with van der Waals surface area (Å²) in [6.45, 7) is 4.08. The van der Waals surface area contributed by atoms with Crippen molar-refractivity contribution in [1.29, 1.82) is 0 Å². The summed E-state index contributed by atoms with van der Waals surface area (Å²) in [7, 11) is -0.431. The number of benzene rings is 2. The van der Waals surface area contributed by atoms with Crippen LogP contribution in [-0.2, 0) is 16.6 Å². The third kappa shape index (κ3) is 3.83. The summed E-state index contributed by atoms with van der Waals surface area (Å²) in [6, 6.07) is 12.0. The van der Waals surface area contributed by atoms with Crippen LogP contribution in [-0.4, -0.2) is 32.7 Å². The zero-order valence-corrected chi connectivity index (χ0v) is 15.1. The van der Waals surface area contributed by atoms with E-state index in [9.17, 15) is 13.2 Å². The SMILES string of the molecule is CNC(=O)c1ccc(CN(C)S(=O)(=O)c2ccc(C)c(C)c2)cc1. The summed E-state index contributed by atoms with van der Waals surface area (Å²) in [5.41, 5.74) is 3.36. The lowest BCUT2D eigenvalue weighted by molar-refractivity contribution is 0.0963. The van der Waals surface area contributed by atoms with Gasteiger partial charge >= 0.3 is 0 Å². The van der Waals surface area contributed by atoms with Gasteiger partial charge in [0, 0.05) is 26.2 Å². The van der Waals surface area contributed by atoms with Crippen molar-refractivity contribution in [2.45, 2.75) is 25.3 Å². The Hall–Kier alpha value is -2.18. The Kier molecular flexibility index (Phi) is 5.41. The molecule has 6 heteroatoms. The van der Waals surface area contributed by atoms with Crippen LogP contribution in [0, 0.1) is 13.8 Å². The summed E-state index contributed by atoms with van der Waals surface area (Å²) in [6.07, 6.45) is 0. The Bertz CT molecular complexity index is 843. The molecule has 1 N–H and O–H groups in total. The summed E-state index contributed by atoms with van der Waals surface area (Å²) in [4.78, 5) is 11.8. The van der Waals surface area contributed by atoms with Gasteiger partial charge in [-0.1, -0.05) is 18.2 Å². The average Bonchev–Trinajstić information content (AvgIpc) is 2.57. The maximum absolute atomic E-state index is 12.7. The van der Waals surface area contributed by atoms with Crippen molar-refractivity contribution < 1.29 is 13.2 Å². The van der Waals surface area contributed by atoms with E-state index in [-0.39, 0.29) is 17.3 Å². The third-order valence-electron chi connectivity index (χ3n) is 4.03. The molecule has 0 aliphatic rings. The van der Waals surface area contributed by atoms with Crippen molar-refractivity contribution in [3.63, 3.8) is 0 Å². The van der Waals surface area contributed by atoms with Gasteiger partial charge in [0.1, 0.15) is 0 Å². The van der Waals surface area contributed by atoms with Gasteiger partial charge in [-0.15, -0.1) is 0 Å². The standard InChI is InChI=1S/C18H22N2O3S/c1-13-5-10-17(11-14(13)2)24(22,23)20(4)12-15-6-8-16(9-7-15)18(21)19-3/h5-11H,12H2,1-4H3,(H,19,21). The first-order valence-corrected chi connectivity index (χ1v) is 9.04. The molecule has 2 aromatic carbocycles. The molecular weight excluding hydrogens is 324 g/mol. The van der Waals surface area contributed by atoms with E-state index in [1.165, 1.54) is 4.31 Å². The molecule has 0 bridgehead atoms. The van der Waals surface area contributed by atoms with E-state index in [1.54, 1.807) is 50.5 Å². The van der Waals surface area contributed by atoms with Gasteiger partial charge in [-0.3, -0.25) is 4.79 Å². The maximum Gasteiger partial charge on any atom is 0.251 e. The molecule has 2 aromatic rings. The fourth-order valence-corrected chi connectivity index (χ4v) is 3.55. The minimum Gasteiger partial charge on any atom is -0.355 e. The van der Waals surface area contributed by atoms with Crippen molar-refractivity contribution in [1.82, 2.24) is 9.62 Å². The Balaban J connectivity index is 2.20. The molecule has 0 heterocycles. The van der Waals surface area contributed by atoms with Gasteiger partial charge in [-0.2, -0.15) is 4.31 Å². The Morgan fingerprint density at radius 1 is 1.04 bits per heavy atom. The number of hydrogen-bond acceptors (Lipinski definition) is 3. The number of amides is 1. The maximum atomic E-state index is 12.7. The van der Waals surface area contributed by atoms with E-state index >= 15 is 0 Å². The lowest BCUT2D eigenvalue weighted by Crippen LogP contribution is -2.26. The van der Waals surface area contributed by atoms with Gasteiger partial charge in [0.15, 0.2) is 0 Å². The van der Waals surface area contributed by atoms with Crippen LogP contribution < -0.4 is 5.32 Å². The highest BCUT2D eigenvalue weighted by Crippen LogP contribution is 2.20. The Labute approximate surface area is 143 Å². The highest BCUT2D eigenvalue weighted by Gasteiger charge is 2.21. The zero-order chi connectivity index (χ0) is 17.9. The van der Waals surface area contributed by atoms with E-state index < -0.39 is 10.0 Å². The monoisotopic (exact) mass is 346 g/mol. The molecule has 0 aromatic heterocycles. The van der Waals surface area contributed by atoms with Crippen molar-refractivity contribution in [3.8, 4) is 0 Å². The fourth-order valence-electron chi connectivity index (χ4n) is 2.30. The first-order valence-electron chi connectivity index (χ1n) is 7.60. The number of nitrogens with one attached hydrogen (secondary N) is 1. The number of carbonyl (C=O) groups excluding carboxylic acids is 1. The molecule has 0 atom stereocenters. The van der Waals surface area contributed by atoms with Crippen LogP contribution in [0.3, 0.4) is 0 Å². The van der Waals surface area contributed by atoms with Crippen LogP contribution in [0.2, 0.25) is 0 Å². The topological polar surface area (TPSA) is 66.5 Å². The van der Waals surface area contributed by atoms with Gasteiger partial charge in [0.25, 0.3) is 5.91 Å². The second-order valence-electron chi connectivity index (χ2n) is 5.78. The number of nitrogens with zero attached hydrogens (tertiary/aromatic N) is 1. The summed E-state index contributed by atoms with van der Waals surface area (Å²) in [5.74, 6) is -0.169. The molecule has 0 unspecified atom stereocenters. The lowest BCUT2D eigenvalue weighted by Gasteiger charge is -2.18. The van der Waals surface area contributed by atoms with Crippen LogP contribution in [0.25, 0.3) is 0 Å². The minimum atomic E-state index is -3.55. The number of hydrogen-bond donors (Lipinski definition) is 1. The van der Waals surface area contributed by atoms with Crippen LogP contribution in [0.4, 0.5) is 0 Å². The van der Waals surface area contributed by atoms with Crippen LogP contribution in [0.5, 0.6) is 0 Å². The number of aryl methyl sites for hydroxylation is 2. The van der Waals surface area contributed by atoms with E-state index in [4.69, 9.17) is 0 Å². The summed E-state index contributed by atoms with van der Waals surface area (Å²) < 4.78 is 26.7. The first kappa shape index (κ1) is 18.2. The third-order valence-corrected chi connectivity index (χ3v) is 5.83. The smallest absolute Gasteiger partial charge is 0.251 e. The molecule has 0 fully saturated rings. The molecule has 0 spiro atoms. The van der Waals surface area contributed by atoms with Gasteiger partial charge in [0.05, 0.1) is 4.90 Å². The molecule has 2 rings (SSSR count). The van der Waals surface area contributed by atoms with Crippen molar-refractivity contribution >= 4 is 15.9 Å². The molecule has 128 valence electrons. The van der Waals surface area contributed by atoms with E-state index in [0.717, 1.165) is 16.7 Å². The van der Waals surface area contributed by atoms with Crippen LogP contribution >= 0.6 is 0 Å². The normalized spacial score (nSPS) is 11.5. The van der Waals surface area contributed by atoms with Crippen LogP contribution in [0.15, 0.2) is 47.4 Å². The van der Waals surface area contributed by atoms with Gasteiger partial charge in [-0.25, -0.2) is 8.42 Å². The fraction of sp³-hybridized carbons (Fsp3) is 0.278. The molecule has 0 aliphatic carbocycles. The lowest BCUT2D eigenvalue weighted by atomic mass is 10.1. The minimum absolute atomic E-state index is 0.169. The quantitative estimate of drug-likeness (QED) is 0.904. The van der Waals surface area contributed by atoms with Crippen molar-refractivity contribution in [2.75, 3.05) is 14.1 Å². The number of rotatable bonds is 5. The van der Waals surface area contributed by atoms with E-state index in [2.05, 4.69) is 5.32 Å². The second-order valence-corrected chi connectivity index (χ2v) is 7.83. The predicted molar refractivity (Wildman–Crippen MR) is 94.4 cm³/mol. The zero-order valence-electron chi connectivity index (χ0n) is 14.3. The van der Waals surface area contributed by atoms with Gasteiger partial charge in [0.2, 0.25) is 10.0 Å². The predicted octanol–water partition coefficient (Wildman–Crippen LogP) is 2.48. The van der Waals surface area contributed by atoms with Gasteiger partial charge < -0.3 is 5.32 Å². The number of carbonyl (C=O) groups is 1. The summed E-state index contributed by atoms with van der Waals surface area (Å²) >= 11 is 0. The first-order chi connectivity index (χ1) is 11.3. The average molecular weight is 346 g/mol. The molecular formula is C18H22N2O3S. The Morgan fingerprint density at radius 3 is 2.21 bits per heavy atom. The Morgan fingerprint density at radius 2 is 1.67 bits per heavy atom. The van der Waals surface area contributed by atoms with E-state index in [0.29, 0.717) is 5.56 Å².